The van der Waals surface area contributed by atoms with Crippen molar-refractivity contribution in [3.8, 4) is 0 Å². The van der Waals surface area contributed by atoms with Crippen LogP contribution >= 0.6 is 0 Å². The molecule has 0 radical (unpaired) electrons. The summed E-state index contributed by atoms with van der Waals surface area (Å²) in [5.41, 5.74) is 0. The second kappa shape index (κ2) is 9.66. The maximum Gasteiger partial charge on any atom is 0.330 e. The number of carbonyl (C=O) groups excluding carboxylic acids is 1. The van der Waals surface area contributed by atoms with E-state index in [0.29, 0.717) is 0 Å². The molecule has 0 aromatic carbocycles. The number of rotatable bonds is 5. The van der Waals surface area contributed by atoms with Crippen molar-refractivity contribution in [2.75, 3.05) is 6.61 Å². The average molecular weight is 240 g/mol. The van der Waals surface area contributed by atoms with Crippen molar-refractivity contribution in [2.45, 2.75) is 32.0 Å². The Labute approximate surface area is 103 Å². The molecule has 1 saturated heterocycles. The van der Waals surface area contributed by atoms with Crippen LogP contribution < -0.4 is 0 Å². The third kappa shape index (κ3) is 7.36. The zero-order chi connectivity index (χ0) is 13.1. The lowest BCUT2D eigenvalue weighted by Crippen LogP contribution is -2.27. The van der Waals surface area contributed by atoms with E-state index >= 15 is 0 Å². The molecule has 0 N–H and O–H groups in total. The number of esters is 1. The van der Waals surface area contributed by atoms with E-state index in [-0.39, 0.29) is 18.2 Å². The lowest BCUT2D eigenvalue weighted by atomic mass is 10.1. The van der Waals surface area contributed by atoms with Gasteiger partial charge in [-0.2, -0.15) is 0 Å². The molecule has 4 heteroatoms. The molecule has 2 unspecified atom stereocenters. The average Bonchev–Trinajstić information content (AvgIpc) is 2.84. The minimum absolute atomic E-state index is 0.0777. The first-order valence-electron chi connectivity index (χ1n) is 5.47. The van der Waals surface area contributed by atoms with Crippen LogP contribution in [-0.4, -0.2) is 24.8 Å². The van der Waals surface area contributed by atoms with E-state index < -0.39 is 0 Å². The SMILES string of the molecule is C=CC(=O)OC(C)C1CCCO1.C=COC=C. The van der Waals surface area contributed by atoms with Crippen molar-refractivity contribution < 1.29 is 19.0 Å². The Balaban J connectivity index is 0.000000437. The molecular formula is C13H20O4. The van der Waals surface area contributed by atoms with Gasteiger partial charge in [0.15, 0.2) is 0 Å². The first-order chi connectivity index (χ1) is 8.15. The molecule has 1 aliphatic rings. The van der Waals surface area contributed by atoms with E-state index in [1.54, 1.807) is 0 Å². The minimum Gasteiger partial charge on any atom is -0.474 e. The Morgan fingerprint density at radius 2 is 2.06 bits per heavy atom. The smallest absolute Gasteiger partial charge is 0.330 e. The van der Waals surface area contributed by atoms with Crippen molar-refractivity contribution in [3.63, 3.8) is 0 Å². The van der Waals surface area contributed by atoms with Crippen molar-refractivity contribution in [1.29, 1.82) is 0 Å². The Morgan fingerprint density at radius 3 is 2.41 bits per heavy atom. The molecule has 1 fully saturated rings. The third-order valence-electron chi connectivity index (χ3n) is 2.15. The first-order valence-corrected chi connectivity index (χ1v) is 5.47. The van der Waals surface area contributed by atoms with Crippen molar-refractivity contribution >= 4 is 5.97 Å². The number of hydrogen-bond acceptors (Lipinski definition) is 4. The quantitative estimate of drug-likeness (QED) is 0.421. The van der Waals surface area contributed by atoms with E-state index in [4.69, 9.17) is 9.47 Å². The van der Waals surface area contributed by atoms with Crippen LogP contribution in [0.25, 0.3) is 0 Å². The summed E-state index contributed by atoms with van der Waals surface area (Å²) in [6, 6.07) is 0. The van der Waals surface area contributed by atoms with Gasteiger partial charge in [0.1, 0.15) is 6.10 Å². The molecule has 2 atom stereocenters. The molecule has 1 heterocycles. The highest BCUT2D eigenvalue weighted by molar-refractivity contribution is 5.81. The topological polar surface area (TPSA) is 44.8 Å². The molecule has 1 aliphatic heterocycles. The lowest BCUT2D eigenvalue weighted by molar-refractivity contribution is -0.147. The molecule has 0 aliphatic carbocycles. The zero-order valence-electron chi connectivity index (χ0n) is 10.3. The molecule has 4 nitrogen and oxygen atoms in total. The van der Waals surface area contributed by atoms with Gasteiger partial charge in [-0.1, -0.05) is 19.7 Å². The van der Waals surface area contributed by atoms with Crippen molar-refractivity contribution in [1.82, 2.24) is 0 Å². The highest BCUT2D eigenvalue weighted by atomic mass is 16.6. The van der Waals surface area contributed by atoms with Crippen LogP contribution in [0.4, 0.5) is 0 Å². The Morgan fingerprint density at radius 1 is 1.41 bits per heavy atom. The molecule has 1 rings (SSSR count). The Bertz CT molecular complexity index is 248. The van der Waals surface area contributed by atoms with Crippen LogP contribution in [0.15, 0.2) is 38.3 Å². The van der Waals surface area contributed by atoms with E-state index in [2.05, 4.69) is 24.5 Å². The monoisotopic (exact) mass is 240 g/mol. The molecule has 0 aromatic heterocycles. The summed E-state index contributed by atoms with van der Waals surface area (Å²) in [6.45, 7) is 12.5. The molecular weight excluding hydrogens is 220 g/mol. The second-order valence-electron chi connectivity index (χ2n) is 3.37. The summed E-state index contributed by atoms with van der Waals surface area (Å²) in [7, 11) is 0. The van der Waals surface area contributed by atoms with Gasteiger partial charge in [-0.15, -0.1) is 0 Å². The fourth-order valence-electron chi connectivity index (χ4n) is 1.35. The number of carbonyl (C=O) groups is 1. The van der Waals surface area contributed by atoms with E-state index in [0.717, 1.165) is 19.4 Å². The largest absolute Gasteiger partial charge is 0.474 e. The fraction of sp³-hybridized carbons (Fsp3) is 0.462. The summed E-state index contributed by atoms with van der Waals surface area (Å²) in [5.74, 6) is -0.377. The van der Waals surface area contributed by atoms with Gasteiger partial charge in [-0.25, -0.2) is 4.79 Å². The maximum atomic E-state index is 10.8. The van der Waals surface area contributed by atoms with Crippen LogP contribution in [0.5, 0.6) is 0 Å². The van der Waals surface area contributed by atoms with Gasteiger partial charge in [0.2, 0.25) is 0 Å². The number of ether oxygens (including phenoxy) is 3. The second-order valence-corrected chi connectivity index (χ2v) is 3.37. The van der Waals surface area contributed by atoms with Crippen LogP contribution in [0.3, 0.4) is 0 Å². The summed E-state index contributed by atoms with van der Waals surface area (Å²) in [4.78, 5) is 10.8. The Kier molecular flexibility index (Phi) is 8.78. The fourth-order valence-corrected chi connectivity index (χ4v) is 1.35. The van der Waals surface area contributed by atoms with E-state index in [9.17, 15) is 4.79 Å². The predicted molar refractivity (Wildman–Crippen MR) is 66.2 cm³/mol. The standard InChI is InChI=1S/C9H14O3.C4H6O/c1-3-9(10)12-7(2)8-5-4-6-11-8;1-3-5-4-2/h3,7-8H,1,4-6H2,2H3;3-4H,1-2H2. The summed E-state index contributed by atoms with van der Waals surface area (Å²) in [5, 5.41) is 0. The summed E-state index contributed by atoms with van der Waals surface area (Å²) in [6.07, 6.45) is 5.75. The van der Waals surface area contributed by atoms with Gasteiger partial charge in [0.25, 0.3) is 0 Å². The van der Waals surface area contributed by atoms with Gasteiger partial charge >= 0.3 is 5.97 Å². The molecule has 0 saturated carbocycles. The summed E-state index contributed by atoms with van der Waals surface area (Å²) < 4.78 is 14.7. The van der Waals surface area contributed by atoms with Gasteiger partial charge in [-0.05, 0) is 19.8 Å². The highest BCUT2D eigenvalue weighted by Gasteiger charge is 2.24. The van der Waals surface area contributed by atoms with Crippen LogP contribution in [0.1, 0.15) is 19.8 Å². The minimum atomic E-state index is -0.377. The van der Waals surface area contributed by atoms with Crippen LogP contribution in [-0.2, 0) is 19.0 Å². The molecule has 0 aromatic rings. The van der Waals surface area contributed by atoms with Gasteiger partial charge in [0, 0.05) is 12.7 Å². The van der Waals surface area contributed by atoms with E-state index in [1.807, 2.05) is 6.92 Å². The molecule has 17 heavy (non-hydrogen) atoms. The molecule has 0 spiro atoms. The summed E-state index contributed by atoms with van der Waals surface area (Å²) >= 11 is 0. The molecule has 0 amide bonds. The van der Waals surface area contributed by atoms with Crippen LogP contribution in [0, 0.1) is 0 Å². The third-order valence-corrected chi connectivity index (χ3v) is 2.15. The Hall–Kier alpha value is -1.55. The van der Waals surface area contributed by atoms with Crippen molar-refractivity contribution in [3.05, 3.63) is 38.3 Å². The van der Waals surface area contributed by atoms with E-state index in [1.165, 1.54) is 18.6 Å². The molecule has 96 valence electrons. The normalized spacial score (nSPS) is 19.2. The first kappa shape index (κ1) is 15.4. The van der Waals surface area contributed by atoms with Crippen LogP contribution in [0.2, 0.25) is 0 Å². The molecule has 0 bridgehead atoms. The predicted octanol–water partition coefficient (Wildman–Crippen LogP) is 2.57. The maximum absolute atomic E-state index is 10.8. The zero-order valence-corrected chi connectivity index (χ0v) is 10.3. The van der Waals surface area contributed by atoms with Gasteiger partial charge in [0.05, 0.1) is 18.6 Å². The number of hydrogen-bond donors (Lipinski definition) is 0. The highest BCUT2D eigenvalue weighted by Crippen LogP contribution is 2.17. The lowest BCUT2D eigenvalue weighted by Gasteiger charge is -2.17. The van der Waals surface area contributed by atoms with Gasteiger partial charge in [-0.3, -0.25) is 0 Å². The van der Waals surface area contributed by atoms with Gasteiger partial charge < -0.3 is 14.2 Å². The van der Waals surface area contributed by atoms with Crippen molar-refractivity contribution in [2.24, 2.45) is 0 Å².